The molecule has 0 aliphatic heterocycles. The van der Waals surface area contributed by atoms with Gasteiger partial charge >= 0.3 is 0 Å². The minimum Gasteiger partial charge on any atom is -0.300 e. The fraction of sp³-hybridized carbons (Fsp3) is 0.400. The molecule has 5 heteroatoms. The van der Waals surface area contributed by atoms with E-state index in [-0.39, 0.29) is 5.78 Å². The third-order valence-electron chi connectivity index (χ3n) is 2.17. The first-order valence-corrected chi connectivity index (χ1v) is 4.91. The minimum absolute atomic E-state index is 0.201. The lowest BCUT2D eigenvalue weighted by Gasteiger charge is -1.99. The molecule has 0 spiro atoms. The molecule has 2 rings (SSSR count). The van der Waals surface area contributed by atoms with Crippen LogP contribution in [0.5, 0.6) is 0 Å². The molecule has 2 aromatic rings. The Morgan fingerprint density at radius 1 is 1.53 bits per heavy atom. The van der Waals surface area contributed by atoms with Crippen molar-refractivity contribution >= 4 is 16.9 Å². The largest absolute Gasteiger partial charge is 0.300 e. The lowest BCUT2D eigenvalue weighted by molar-refractivity contribution is -0.117. The number of pyridine rings is 1. The molecule has 15 heavy (non-hydrogen) atoms. The molecule has 78 valence electrons. The van der Waals surface area contributed by atoms with Crippen molar-refractivity contribution in [3.8, 4) is 0 Å². The molecule has 0 aromatic carbocycles. The number of aryl methyl sites for hydroxylation is 1. The number of ketones is 1. The molecular weight excluding hydrogens is 192 g/mol. The maximum Gasteiger partial charge on any atom is 0.178 e. The van der Waals surface area contributed by atoms with Crippen LogP contribution in [0.4, 0.5) is 0 Å². The second kappa shape index (κ2) is 4.16. The van der Waals surface area contributed by atoms with Crippen LogP contribution in [0.2, 0.25) is 0 Å². The predicted octanol–water partition coefficient (Wildman–Crippen LogP) is 1.20. The van der Waals surface area contributed by atoms with E-state index >= 15 is 0 Å². The molecule has 0 atom stereocenters. The van der Waals surface area contributed by atoms with Crippen LogP contribution in [0.15, 0.2) is 18.3 Å². The van der Waals surface area contributed by atoms with Gasteiger partial charge in [0.15, 0.2) is 5.65 Å². The summed E-state index contributed by atoms with van der Waals surface area (Å²) in [5.41, 5.74) is 1.57. The molecule has 0 unspecified atom stereocenters. The number of Topliss-reactive ketones (excluding diaryl/α,β-unsaturated/α-hetero) is 1. The van der Waals surface area contributed by atoms with Crippen molar-refractivity contribution in [2.24, 2.45) is 0 Å². The van der Waals surface area contributed by atoms with Crippen molar-refractivity contribution < 1.29 is 4.79 Å². The lowest BCUT2D eigenvalue weighted by Crippen LogP contribution is -2.03. The molecule has 0 saturated carbocycles. The summed E-state index contributed by atoms with van der Waals surface area (Å²) in [6, 6.07) is 3.70. The summed E-state index contributed by atoms with van der Waals surface area (Å²) in [5.74, 6) is 0.201. The number of hydrogen-bond donors (Lipinski definition) is 0. The molecule has 0 fully saturated rings. The predicted molar refractivity (Wildman–Crippen MR) is 55.2 cm³/mol. The van der Waals surface area contributed by atoms with E-state index in [2.05, 4.69) is 15.3 Å². The standard InChI is InChI=1S/C10H12N4O/c1-8(15)4-3-7-14-10-9(12-13-14)5-2-6-11-10/h2,5-6H,3-4,7H2,1H3. The molecule has 5 nitrogen and oxygen atoms in total. The highest BCUT2D eigenvalue weighted by atomic mass is 16.1. The van der Waals surface area contributed by atoms with Crippen LogP contribution in [-0.2, 0) is 11.3 Å². The highest BCUT2D eigenvalue weighted by Crippen LogP contribution is 2.07. The Balaban J connectivity index is 2.11. The summed E-state index contributed by atoms with van der Waals surface area (Å²) in [7, 11) is 0. The Bertz CT molecular complexity index is 477. The normalized spacial score (nSPS) is 10.7. The summed E-state index contributed by atoms with van der Waals surface area (Å²) >= 11 is 0. The average Bonchev–Trinajstić information content (AvgIpc) is 2.62. The molecule has 0 amide bonds. The Kier molecular flexibility index (Phi) is 2.71. The quantitative estimate of drug-likeness (QED) is 0.750. The van der Waals surface area contributed by atoms with Crippen LogP contribution >= 0.6 is 0 Å². The van der Waals surface area contributed by atoms with Gasteiger partial charge in [0.2, 0.25) is 0 Å². The van der Waals surface area contributed by atoms with Gasteiger partial charge in [0.05, 0.1) is 0 Å². The summed E-state index contributed by atoms with van der Waals surface area (Å²) in [4.78, 5) is 15.0. The average molecular weight is 204 g/mol. The molecular formula is C10H12N4O. The molecule has 0 aliphatic rings. The fourth-order valence-electron chi connectivity index (χ4n) is 1.44. The van der Waals surface area contributed by atoms with Gasteiger partial charge < -0.3 is 4.79 Å². The van der Waals surface area contributed by atoms with Gasteiger partial charge in [-0.2, -0.15) is 0 Å². The monoisotopic (exact) mass is 204 g/mol. The molecule has 0 N–H and O–H groups in total. The van der Waals surface area contributed by atoms with E-state index in [9.17, 15) is 4.79 Å². The number of carbonyl (C=O) groups excluding carboxylic acids is 1. The second-order valence-corrected chi connectivity index (χ2v) is 3.46. The van der Waals surface area contributed by atoms with E-state index in [4.69, 9.17) is 0 Å². The third-order valence-corrected chi connectivity index (χ3v) is 2.17. The number of aromatic nitrogens is 4. The van der Waals surface area contributed by atoms with Crippen molar-refractivity contribution in [1.29, 1.82) is 0 Å². The van der Waals surface area contributed by atoms with Crippen LogP contribution in [0.3, 0.4) is 0 Å². The number of hydrogen-bond acceptors (Lipinski definition) is 4. The lowest BCUT2D eigenvalue weighted by atomic mass is 10.2. The summed E-state index contributed by atoms with van der Waals surface area (Å²) in [5, 5.41) is 7.97. The maximum absolute atomic E-state index is 10.8. The maximum atomic E-state index is 10.8. The Labute approximate surface area is 87.1 Å². The van der Waals surface area contributed by atoms with Crippen molar-refractivity contribution in [1.82, 2.24) is 20.0 Å². The summed E-state index contributed by atoms with van der Waals surface area (Å²) < 4.78 is 1.73. The van der Waals surface area contributed by atoms with E-state index < -0.39 is 0 Å². The zero-order valence-corrected chi connectivity index (χ0v) is 8.55. The zero-order valence-electron chi connectivity index (χ0n) is 8.55. The first kappa shape index (κ1) is 9.76. The second-order valence-electron chi connectivity index (χ2n) is 3.46. The van der Waals surface area contributed by atoms with E-state index in [0.717, 1.165) is 17.6 Å². The van der Waals surface area contributed by atoms with E-state index in [0.29, 0.717) is 13.0 Å². The highest BCUT2D eigenvalue weighted by Gasteiger charge is 2.04. The first-order valence-electron chi connectivity index (χ1n) is 4.91. The molecule has 0 aliphatic carbocycles. The topological polar surface area (TPSA) is 60.7 Å². The molecule has 2 aromatic heterocycles. The van der Waals surface area contributed by atoms with Gasteiger partial charge in [0.25, 0.3) is 0 Å². The number of rotatable bonds is 4. The van der Waals surface area contributed by atoms with Gasteiger partial charge in [-0.25, -0.2) is 9.67 Å². The van der Waals surface area contributed by atoms with Gasteiger partial charge in [-0.3, -0.25) is 0 Å². The van der Waals surface area contributed by atoms with Crippen LogP contribution in [0, 0.1) is 0 Å². The van der Waals surface area contributed by atoms with Gasteiger partial charge in [-0.05, 0) is 25.5 Å². The number of fused-ring (bicyclic) bond motifs is 1. The van der Waals surface area contributed by atoms with Gasteiger partial charge in [-0.1, -0.05) is 5.21 Å². The SMILES string of the molecule is CC(=O)CCCn1nnc2cccnc21. The number of carbonyl (C=O) groups is 1. The van der Waals surface area contributed by atoms with E-state index in [1.807, 2.05) is 12.1 Å². The summed E-state index contributed by atoms with van der Waals surface area (Å²) in [6.07, 6.45) is 3.08. The van der Waals surface area contributed by atoms with Crippen molar-refractivity contribution in [2.75, 3.05) is 0 Å². The Hall–Kier alpha value is -1.78. The Morgan fingerprint density at radius 2 is 2.40 bits per heavy atom. The van der Waals surface area contributed by atoms with Crippen molar-refractivity contribution in [2.45, 2.75) is 26.3 Å². The van der Waals surface area contributed by atoms with Crippen LogP contribution < -0.4 is 0 Å². The molecule has 0 bridgehead atoms. The zero-order chi connectivity index (χ0) is 10.7. The van der Waals surface area contributed by atoms with Gasteiger partial charge in [0, 0.05) is 19.2 Å². The van der Waals surface area contributed by atoms with E-state index in [1.54, 1.807) is 17.8 Å². The molecule has 0 saturated heterocycles. The van der Waals surface area contributed by atoms with E-state index in [1.165, 1.54) is 0 Å². The molecule has 0 radical (unpaired) electrons. The first-order chi connectivity index (χ1) is 7.27. The van der Waals surface area contributed by atoms with Crippen LogP contribution in [0.25, 0.3) is 11.2 Å². The van der Waals surface area contributed by atoms with Crippen molar-refractivity contribution in [3.63, 3.8) is 0 Å². The van der Waals surface area contributed by atoms with Crippen molar-refractivity contribution in [3.05, 3.63) is 18.3 Å². The fourth-order valence-corrected chi connectivity index (χ4v) is 1.44. The van der Waals surface area contributed by atoms with Crippen LogP contribution in [0.1, 0.15) is 19.8 Å². The van der Waals surface area contributed by atoms with Gasteiger partial charge in [-0.15, -0.1) is 5.10 Å². The number of nitrogens with zero attached hydrogens (tertiary/aromatic N) is 4. The Morgan fingerprint density at radius 3 is 3.20 bits per heavy atom. The minimum atomic E-state index is 0.201. The molecule has 2 heterocycles. The smallest absolute Gasteiger partial charge is 0.178 e. The highest BCUT2D eigenvalue weighted by molar-refractivity contribution is 5.75. The van der Waals surface area contributed by atoms with Gasteiger partial charge in [0.1, 0.15) is 11.3 Å². The summed E-state index contributed by atoms with van der Waals surface area (Å²) in [6.45, 7) is 2.28. The van der Waals surface area contributed by atoms with Crippen LogP contribution in [-0.4, -0.2) is 25.8 Å². The third kappa shape index (κ3) is 2.18.